The van der Waals surface area contributed by atoms with Gasteiger partial charge in [0.1, 0.15) is 11.9 Å². The van der Waals surface area contributed by atoms with Crippen molar-refractivity contribution in [2.45, 2.75) is 57.6 Å². The van der Waals surface area contributed by atoms with Crippen molar-refractivity contribution >= 4 is 0 Å². The number of nitrogens with one attached hydrogen (secondary N) is 1. The van der Waals surface area contributed by atoms with Gasteiger partial charge in [-0.15, -0.1) is 0 Å². The Morgan fingerprint density at radius 2 is 1.89 bits per heavy atom. The van der Waals surface area contributed by atoms with Gasteiger partial charge in [0, 0.05) is 29.1 Å². The van der Waals surface area contributed by atoms with E-state index in [4.69, 9.17) is 4.74 Å². The summed E-state index contributed by atoms with van der Waals surface area (Å²) < 4.78 is 6.53. The van der Waals surface area contributed by atoms with E-state index in [-0.39, 0.29) is 6.10 Å². The zero-order valence-corrected chi connectivity index (χ0v) is 17.0. The lowest BCUT2D eigenvalue weighted by molar-refractivity contribution is 0.0722. The Bertz CT molecular complexity index is 859. The Kier molecular flexibility index (Phi) is 4.66. The molecule has 0 radical (unpaired) electrons. The Hall–Kier alpha value is -2.22. The number of rotatable bonds is 3. The molecule has 28 heavy (non-hydrogen) atoms. The van der Waals surface area contributed by atoms with Crippen molar-refractivity contribution in [1.82, 2.24) is 5.32 Å². The van der Waals surface area contributed by atoms with E-state index in [9.17, 15) is 0 Å². The average molecular weight is 374 g/mol. The minimum atomic E-state index is 0.277. The highest BCUT2D eigenvalue weighted by molar-refractivity contribution is 5.45. The minimum absolute atomic E-state index is 0.277. The molecule has 5 rings (SSSR count). The van der Waals surface area contributed by atoms with E-state index >= 15 is 0 Å². The van der Waals surface area contributed by atoms with Crippen LogP contribution >= 0.6 is 0 Å². The number of para-hydroxylation sites is 1. The van der Waals surface area contributed by atoms with Gasteiger partial charge in [-0.1, -0.05) is 68.5 Å². The maximum absolute atomic E-state index is 6.53. The number of hydrogen-bond acceptors (Lipinski definition) is 2. The van der Waals surface area contributed by atoms with E-state index in [0.29, 0.717) is 29.7 Å². The third kappa shape index (κ3) is 3.03. The minimum Gasteiger partial charge on any atom is -0.489 e. The van der Waals surface area contributed by atoms with Crippen molar-refractivity contribution in [3.63, 3.8) is 0 Å². The molecule has 0 fully saturated rings. The summed E-state index contributed by atoms with van der Waals surface area (Å²) in [6.45, 7) is 4.72. The van der Waals surface area contributed by atoms with Crippen LogP contribution in [0.1, 0.15) is 51.0 Å². The Morgan fingerprint density at radius 1 is 1.00 bits per heavy atom. The van der Waals surface area contributed by atoms with E-state index in [1.165, 1.54) is 23.3 Å². The van der Waals surface area contributed by atoms with Gasteiger partial charge in [-0.3, -0.25) is 0 Å². The van der Waals surface area contributed by atoms with Crippen LogP contribution in [0.15, 0.2) is 72.0 Å². The lowest BCUT2D eigenvalue weighted by Gasteiger charge is -2.44. The number of ether oxygens (including phenoxy) is 1. The molecule has 146 valence electrons. The van der Waals surface area contributed by atoms with Gasteiger partial charge in [-0.05, 0) is 49.2 Å². The molecule has 5 unspecified atom stereocenters. The van der Waals surface area contributed by atoms with E-state index in [1.54, 1.807) is 0 Å². The first-order valence-electron chi connectivity index (χ1n) is 11.0. The Labute approximate surface area is 169 Å². The molecule has 2 heteroatoms. The van der Waals surface area contributed by atoms with E-state index in [1.807, 2.05) is 0 Å². The Morgan fingerprint density at radius 3 is 2.71 bits per heavy atom. The maximum atomic E-state index is 6.53. The molecule has 0 saturated carbocycles. The van der Waals surface area contributed by atoms with Crippen LogP contribution in [0, 0.1) is 17.8 Å². The molecule has 2 aliphatic carbocycles. The number of allylic oxidation sites excluding steroid dienone is 5. The highest BCUT2D eigenvalue weighted by Gasteiger charge is 2.45. The van der Waals surface area contributed by atoms with Gasteiger partial charge in [-0.2, -0.15) is 0 Å². The topological polar surface area (TPSA) is 21.3 Å². The summed E-state index contributed by atoms with van der Waals surface area (Å²) in [6.07, 6.45) is 19.1. The SMILES string of the molecule is CC(C)C1NC(C2=CCCC=C2)=CCC1C1CC=CC2c3ccccc3OC21. The summed E-state index contributed by atoms with van der Waals surface area (Å²) in [7, 11) is 0. The fourth-order valence-electron chi connectivity index (χ4n) is 5.62. The second-order valence-electron chi connectivity index (χ2n) is 9.04. The second-order valence-corrected chi connectivity index (χ2v) is 9.04. The third-order valence-corrected chi connectivity index (χ3v) is 7.02. The summed E-state index contributed by atoms with van der Waals surface area (Å²) in [4.78, 5) is 0. The molecular formula is C26H31NO. The van der Waals surface area contributed by atoms with Crippen LogP contribution in [0.2, 0.25) is 0 Å². The first-order valence-corrected chi connectivity index (χ1v) is 11.0. The van der Waals surface area contributed by atoms with Crippen molar-refractivity contribution in [2.75, 3.05) is 0 Å². The molecule has 0 bridgehead atoms. The normalized spacial score (nSPS) is 33.5. The van der Waals surface area contributed by atoms with Crippen LogP contribution in [0.25, 0.3) is 0 Å². The summed E-state index contributed by atoms with van der Waals surface area (Å²) in [5.41, 5.74) is 4.08. The van der Waals surface area contributed by atoms with Crippen molar-refractivity contribution in [1.29, 1.82) is 0 Å². The third-order valence-electron chi connectivity index (χ3n) is 7.02. The van der Waals surface area contributed by atoms with Crippen LogP contribution in [-0.4, -0.2) is 12.1 Å². The van der Waals surface area contributed by atoms with Crippen molar-refractivity contribution in [3.8, 4) is 5.75 Å². The molecule has 1 aromatic rings. The highest BCUT2D eigenvalue weighted by Crippen LogP contribution is 2.48. The summed E-state index contributed by atoms with van der Waals surface area (Å²) in [6, 6.07) is 9.10. The molecule has 2 heterocycles. The highest BCUT2D eigenvalue weighted by atomic mass is 16.5. The van der Waals surface area contributed by atoms with Gasteiger partial charge < -0.3 is 10.1 Å². The summed E-state index contributed by atoms with van der Waals surface area (Å²) in [5.74, 6) is 3.25. The molecule has 0 amide bonds. The molecule has 2 aliphatic heterocycles. The number of hydrogen-bond donors (Lipinski definition) is 1. The van der Waals surface area contributed by atoms with Gasteiger partial charge in [0.15, 0.2) is 0 Å². The molecule has 0 aromatic heterocycles. The van der Waals surface area contributed by atoms with E-state index in [0.717, 1.165) is 25.0 Å². The maximum Gasteiger partial charge on any atom is 0.123 e. The molecule has 1 N–H and O–H groups in total. The largest absolute Gasteiger partial charge is 0.489 e. The molecule has 1 aromatic carbocycles. The average Bonchev–Trinajstić information content (AvgIpc) is 3.13. The van der Waals surface area contributed by atoms with Crippen LogP contribution in [0.4, 0.5) is 0 Å². The van der Waals surface area contributed by atoms with Crippen molar-refractivity contribution in [3.05, 3.63) is 77.6 Å². The van der Waals surface area contributed by atoms with Gasteiger partial charge in [-0.25, -0.2) is 0 Å². The molecule has 2 nitrogen and oxygen atoms in total. The standard InChI is InChI=1S/C26H31NO/c1-17(2)25-20(15-16-23(27-25)18-9-4-3-5-10-18)22-13-8-12-21-19-11-6-7-14-24(19)28-26(21)22/h4,6-12,14,16-17,20-22,25-27H,3,5,13,15H2,1-2H3. The monoisotopic (exact) mass is 373 g/mol. The zero-order valence-electron chi connectivity index (χ0n) is 17.0. The quantitative estimate of drug-likeness (QED) is 0.666. The second kappa shape index (κ2) is 7.31. The molecule has 0 saturated heterocycles. The number of fused-ring (bicyclic) bond motifs is 3. The summed E-state index contributed by atoms with van der Waals surface area (Å²) in [5, 5.41) is 3.93. The van der Waals surface area contributed by atoms with Crippen LogP contribution in [-0.2, 0) is 0 Å². The lowest BCUT2D eigenvalue weighted by atomic mass is 9.68. The van der Waals surface area contributed by atoms with Crippen molar-refractivity contribution in [2.24, 2.45) is 17.8 Å². The smallest absolute Gasteiger partial charge is 0.123 e. The number of benzene rings is 1. The van der Waals surface area contributed by atoms with Gasteiger partial charge in [0.2, 0.25) is 0 Å². The first kappa shape index (κ1) is 17.8. The van der Waals surface area contributed by atoms with Gasteiger partial charge in [0.05, 0.1) is 0 Å². The van der Waals surface area contributed by atoms with Crippen LogP contribution in [0.5, 0.6) is 5.75 Å². The van der Waals surface area contributed by atoms with E-state index < -0.39 is 0 Å². The lowest BCUT2D eigenvalue weighted by Crippen LogP contribution is -2.49. The van der Waals surface area contributed by atoms with Crippen LogP contribution < -0.4 is 10.1 Å². The first-order chi connectivity index (χ1) is 13.7. The fraction of sp³-hybridized carbons (Fsp3) is 0.462. The predicted octanol–water partition coefficient (Wildman–Crippen LogP) is 5.90. The summed E-state index contributed by atoms with van der Waals surface area (Å²) >= 11 is 0. The van der Waals surface area contributed by atoms with E-state index in [2.05, 4.69) is 79.9 Å². The van der Waals surface area contributed by atoms with Gasteiger partial charge in [0.25, 0.3) is 0 Å². The Balaban J connectivity index is 1.42. The fourth-order valence-corrected chi connectivity index (χ4v) is 5.62. The van der Waals surface area contributed by atoms with Gasteiger partial charge >= 0.3 is 0 Å². The molecule has 0 spiro atoms. The zero-order chi connectivity index (χ0) is 19.1. The molecule has 5 atom stereocenters. The molecular weight excluding hydrogens is 342 g/mol. The molecule has 4 aliphatic rings. The predicted molar refractivity (Wildman–Crippen MR) is 115 cm³/mol. The van der Waals surface area contributed by atoms with Crippen molar-refractivity contribution < 1.29 is 4.74 Å². The van der Waals surface area contributed by atoms with Crippen LogP contribution in [0.3, 0.4) is 0 Å².